The minimum atomic E-state index is -1.41. The first-order valence-electron chi connectivity index (χ1n) is 7.90. The lowest BCUT2D eigenvalue weighted by molar-refractivity contribution is -0.149. The average Bonchev–Trinajstić information content (AvgIpc) is 2.98. The van der Waals surface area contributed by atoms with Crippen LogP contribution >= 0.6 is 0 Å². The van der Waals surface area contributed by atoms with Crippen molar-refractivity contribution in [2.24, 2.45) is 0 Å². The number of hydrogen-bond donors (Lipinski definition) is 4. The third kappa shape index (κ3) is 5.66. The number of carbonyl (C=O) groups is 3. The molecule has 0 radical (unpaired) electrons. The summed E-state index contributed by atoms with van der Waals surface area (Å²) in [6.07, 6.45) is -1.37. The summed E-state index contributed by atoms with van der Waals surface area (Å²) < 4.78 is 5.47. The van der Waals surface area contributed by atoms with Crippen LogP contribution in [0.2, 0.25) is 0 Å². The van der Waals surface area contributed by atoms with Crippen molar-refractivity contribution in [2.75, 3.05) is 7.05 Å². The standard InChI is InChI=1S/C17H19N3O7/c1-18-13(21)9-12(16(24)27-20-14(22)7-8-15(20)23)19-17(25)26-10-11-5-3-2-4-6-11/h2-8,12,22-23H,9-10H2,1H3,(H,18,21)(H,19,25). The highest BCUT2D eigenvalue weighted by Crippen LogP contribution is 2.19. The number of nitrogens with zero attached hydrogens (tertiary/aromatic N) is 1. The Morgan fingerprint density at radius 1 is 1.07 bits per heavy atom. The van der Waals surface area contributed by atoms with Gasteiger partial charge >= 0.3 is 12.1 Å². The predicted molar refractivity (Wildman–Crippen MR) is 91.6 cm³/mol. The van der Waals surface area contributed by atoms with Gasteiger partial charge in [-0.05, 0) is 5.56 Å². The molecule has 0 spiro atoms. The fourth-order valence-electron chi connectivity index (χ4n) is 2.04. The van der Waals surface area contributed by atoms with Crippen molar-refractivity contribution < 1.29 is 34.2 Å². The fourth-order valence-corrected chi connectivity index (χ4v) is 2.04. The summed E-state index contributed by atoms with van der Waals surface area (Å²) in [5, 5.41) is 23.6. The summed E-state index contributed by atoms with van der Waals surface area (Å²) in [6.45, 7) is -0.0341. The second-order valence-corrected chi connectivity index (χ2v) is 5.39. The Hall–Kier alpha value is -3.69. The Bertz CT molecular complexity index is 785. The molecule has 0 saturated carbocycles. The first kappa shape index (κ1) is 19.6. The van der Waals surface area contributed by atoms with Crippen LogP contribution in [0.3, 0.4) is 0 Å². The predicted octanol–water partition coefficient (Wildman–Crippen LogP) is 0.286. The summed E-state index contributed by atoms with van der Waals surface area (Å²) >= 11 is 0. The number of amides is 2. The van der Waals surface area contributed by atoms with Crippen molar-refractivity contribution in [3.63, 3.8) is 0 Å². The van der Waals surface area contributed by atoms with Crippen LogP contribution in [-0.2, 0) is 20.9 Å². The summed E-state index contributed by atoms with van der Waals surface area (Å²) in [5.74, 6) is -2.70. The zero-order chi connectivity index (χ0) is 19.8. The third-order valence-corrected chi connectivity index (χ3v) is 3.44. The van der Waals surface area contributed by atoms with Crippen LogP contribution in [0.5, 0.6) is 11.8 Å². The molecule has 1 aromatic heterocycles. The maximum absolute atomic E-state index is 12.3. The van der Waals surface area contributed by atoms with Crippen LogP contribution in [-0.4, -0.2) is 46.0 Å². The van der Waals surface area contributed by atoms with Gasteiger partial charge in [0.2, 0.25) is 17.7 Å². The SMILES string of the molecule is CNC(=O)CC(NC(=O)OCc1ccccc1)C(=O)On1c(O)ccc1O. The van der Waals surface area contributed by atoms with Crippen molar-refractivity contribution in [3.8, 4) is 11.8 Å². The molecule has 10 heteroatoms. The number of benzene rings is 1. The van der Waals surface area contributed by atoms with E-state index in [9.17, 15) is 24.6 Å². The van der Waals surface area contributed by atoms with Crippen molar-refractivity contribution in [1.82, 2.24) is 15.4 Å². The molecule has 0 saturated heterocycles. The molecule has 0 aliphatic rings. The van der Waals surface area contributed by atoms with Gasteiger partial charge in [0, 0.05) is 19.2 Å². The monoisotopic (exact) mass is 377 g/mol. The Morgan fingerprint density at radius 2 is 1.70 bits per heavy atom. The Morgan fingerprint density at radius 3 is 2.30 bits per heavy atom. The lowest BCUT2D eigenvalue weighted by atomic mass is 10.2. The molecule has 144 valence electrons. The molecule has 0 aliphatic carbocycles. The number of hydrogen-bond acceptors (Lipinski definition) is 7. The summed E-state index contributed by atoms with van der Waals surface area (Å²) in [6, 6.07) is 9.65. The molecule has 0 fully saturated rings. The summed E-state index contributed by atoms with van der Waals surface area (Å²) in [7, 11) is 1.36. The van der Waals surface area contributed by atoms with E-state index < -0.39 is 42.2 Å². The van der Waals surface area contributed by atoms with Crippen molar-refractivity contribution >= 4 is 18.0 Å². The maximum Gasteiger partial charge on any atom is 0.408 e. The van der Waals surface area contributed by atoms with Gasteiger partial charge in [-0.2, -0.15) is 0 Å². The van der Waals surface area contributed by atoms with Crippen LogP contribution in [0, 0.1) is 0 Å². The van der Waals surface area contributed by atoms with Crippen molar-refractivity contribution in [3.05, 3.63) is 48.0 Å². The van der Waals surface area contributed by atoms with Gasteiger partial charge in [0.1, 0.15) is 12.6 Å². The van der Waals surface area contributed by atoms with Gasteiger partial charge in [-0.25, -0.2) is 9.59 Å². The highest BCUT2D eigenvalue weighted by molar-refractivity contribution is 5.88. The molecule has 1 atom stereocenters. The van der Waals surface area contributed by atoms with E-state index in [1.165, 1.54) is 7.05 Å². The van der Waals surface area contributed by atoms with Gasteiger partial charge in [-0.15, -0.1) is 4.73 Å². The summed E-state index contributed by atoms with van der Waals surface area (Å²) in [5.41, 5.74) is 0.736. The first-order chi connectivity index (χ1) is 12.9. The van der Waals surface area contributed by atoms with E-state index in [1.54, 1.807) is 24.3 Å². The van der Waals surface area contributed by atoms with Crippen LogP contribution in [0.1, 0.15) is 12.0 Å². The highest BCUT2D eigenvalue weighted by atomic mass is 16.7. The van der Waals surface area contributed by atoms with E-state index in [1.807, 2.05) is 6.07 Å². The number of rotatable bonds is 7. The molecule has 27 heavy (non-hydrogen) atoms. The Kier molecular flexibility index (Phi) is 6.64. The minimum Gasteiger partial charge on any atom is -0.492 e. The number of alkyl carbamates (subject to hydrolysis) is 1. The van der Waals surface area contributed by atoms with Gasteiger partial charge in [-0.3, -0.25) is 4.79 Å². The second-order valence-electron chi connectivity index (χ2n) is 5.39. The van der Waals surface area contributed by atoms with Gasteiger partial charge in [0.25, 0.3) is 0 Å². The van der Waals surface area contributed by atoms with E-state index in [0.29, 0.717) is 4.73 Å². The third-order valence-electron chi connectivity index (χ3n) is 3.44. The van der Waals surface area contributed by atoms with Gasteiger partial charge in [-0.1, -0.05) is 30.3 Å². The second kappa shape index (κ2) is 9.13. The molecular formula is C17H19N3O7. The van der Waals surface area contributed by atoms with E-state index >= 15 is 0 Å². The highest BCUT2D eigenvalue weighted by Gasteiger charge is 2.28. The van der Waals surface area contributed by atoms with Crippen LogP contribution in [0.15, 0.2) is 42.5 Å². The first-order valence-corrected chi connectivity index (χ1v) is 7.90. The zero-order valence-corrected chi connectivity index (χ0v) is 14.4. The molecule has 0 bridgehead atoms. The molecule has 4 N–H and O–H groups in total. The minimum absolute atomic E-state index is 0.0341. The molecular weight excluding hydrogens is 358 g/mol. The largest absolute Gasteiger partial charge is 0.492 e. The molecule has 0 aliphatic heterocycles. The van der Waals surface area contributed by atoms with E-state index in [0.717, 1.165) is 17.7 Å². The van der Waals surface area contributed by atoms with Crippen molar-refractivity contribution in [1.29, 1.82) is 0 Å². The van der Waals surface area contributed by atoms with E-state index in [-0.39, 0.29) is 6.61 Å². The average molecular weight is 377 g/mol. The number of aromatic hydroxyl groups is 2. The van der Waals surface area contributed by atoms with E-state index in [2.05, 4.69) is 10.6 Å². The van der Waals surface area contributed by atoms with Crippen LogP contribution < -0.4 is 15.5 Å². The summed E-state index contributed by atoms with van der Waals surface area (Å²) in [4.78, 5) is 40.6. The van der Waals surface area contributed by atoms with Gasteiger partial charge in [0.05, 0.1) is 6.42 Å². The van der Waals surface area contributed by atoms with Gasteiger partial charge in [0.15, 0.2) is 0 Å². The lowest BCUT2D eigenvalue weighted by Gasteiger charge is -2.17. The molecule has 1 aromatic carbocycles. The Labute approximate surface area is 154 Å². The molecule has 2 rings (SSSR count). The normalized spacial score (nSPS) is 11.3. The Balaban J connectivity index is 2.01. The number of nitrogens with one attached hydrogen (secondary N) is 2. The van der Waals surface area contributed by atoms with Crippen LogP contribution in [0.25, 0.3) is 0 Å². The topological polar surface area (TPSA) is 139 Å². The quantitative estimate of drug-likeness (QED) is 0.544. The van der Waals surface area contributed by atoms with E-state index in [4.69, 9.17) is 9.57 Å². The van der Waals surface area contributed by atoms with Crippen molar-refractivity contribution in [2.45, 2.75) is 19.1 Å². The molecule has 1 heterocycles. The maximum atomic E-state index is 12.3. The molecule has 2 aromatic rings. The van der Waals surface area contributed by atoms with Gasteiger partial charge < -0.3 is 30.4 Å². The number of carbonyl (C=O) groups excluding carboxylic acids is 3. The smallest absolute Gasteiger partial charge is 0.408 e. The number of ether oxygens (including phenoxy) is 1. The zero-order valence-electron chi connectivity index (χ0n) is 14.4. The number of aromatic nitrogens is 1. The molecule has 1 unspecified atom stereocenters. The fraction of sp³-hybridized carbons (Fsp3) is 0.235. The lowest BCUT2D eigenvalue weighted by Crippen LogP contribution is -2.47. The van der Waals surface area contributed by atoms with Crippen LogP contribution in [0.4, 0.5) is 4.79 Å². The molecule has 10 nitrogen and oxygen atoms in total. The molecule has 2 amide bonds.